The first-order valence-corrected chi connectivity index (χ1v) is 6.78. The molecule has 4 nitrogen and oxygen atoms in total. The third-order valence-corrected chi connectivity index (χ3v) is 3.37. The average molecular weight is 267 g/mol. The van der Waals surface area contributed by atoms with Gasteiger partial charge in [0.2, 0.25) is 0 Å². The van der Waals surface area contributed by atoms with Crippen molar-refractivity contribution in [3.8, 4) is 11.5 Å². The van der Waals surface area contributed by atoms with Crippen molar-refractivity contribution in [2.75, 3.05) is 20.8 Å². The summed E-state index contributed by atoms with van der Waals surface area (Å²) in [4.78, 5) is 0. The third-order valence-electron chi connectivity index (χ3n) is 3.37. The summed E-state index contributed by atoms with van der Waals surface area (Å²) >= 11 is 0. The number of benzene rings is 1. The van der Waals surface area contributed by atoms with Gasteiger partial charge in [-0.05, 0) is 30.5 Å². The van der Waals surface area contributed by atoms with E-state index in [2.05, 4.69) is 19.2 Å². The summed E-state index contributed by atoms with van der Waals surface area (Å²) in [6.07, 6.45) is 1.85. The molecule has 0 heterocycles. The number of rotatable bonds is 8. The van der Waals surface area contributed by atoms with Gasteiger partial charge in [-0.2, -0.15) is 0 Å². The maximum atomic E-state index is 9.29. The van der Waals surface area contributed by atoms with Gasteiger partial charge >= 0.3 is 0 Å². The summed E-state index contributed by atoms with van der Waals surface area (Å²) in [7, 11) is 3.27. The van der Waals surface area contributed by atoms with E-state index in [9.17, 15) is 5.11 Å². The first-order chi connectivity index (χ1) is 9.19. The van der Waals surface area contributed by atoms with E-state index >= 15 is 0 Å². The molecule has 1 aromatic rings. The molecule has 1 rings (SSSR count). The van der Waals surface area contributed by atoms with Crippen molar-refractivity contribution in [3.63, 3.8) is 0 Å². The lowest BCUT2D eigenvalue weighted by Gasteiger charge is -2.24. The van der Waals surface area contributed by atoms with E-state index in [0.29, 0.717) is 0 Å². The van der Waals surface area contributed by atoms with Crippen LogP contribution in [0.1, 0.15) is 38.3 Å². The molecule has 1 unspecified atom stereocenters. The predicted molar refractivity (Wildman–Crippen MR) is 76.9 cm³/mol. The van der Waals surface area contributed by atoms with Crippen LogP contribution in [0.3, 0.4) is 0 Å². The van der Waals surface area contributed by atoms with E-state index in [1.54, 1.807) is 14.2 Å². The van der Waals surface area contributed by atoms with Crippen molar-refractivity contribution in [2.24, 2.45) is 0 Å². The van der Waals surface area contributed by atoms with Crippen molar-refractivity contribution in [1.29, 1.82) is 0 Å². The molecular weight excluding hydrogens is 242 g/mol. The molecule has 0 radical (unpaired) electrons. The van der Waals surface area contributed by atoms with E-state index < -0.39 is 0 Å². The summed E-state index contributed by atoms with van der Waals surface area (Å²) < 4.78 is 10.6. The number of methoxy groups -OCH3 is 2. The Morgan fingerprint density at radius 3 is 2.26 bits per heavy atom. The minimum atomic E-state index is 0.123. The van der Waals surface area contributed by atoms with Crippen LogP contribution in [0, 0.1) is 0 Å². The Morgan fingerprint density at radius 2 is 1.79 bits per heavy atom. The fourth-order valence-corrected chi connectivity index (χ4v) is 2.10. The Labute approximate surface area is 115 Å². The van der Waals surface area contributed by atoms with Crippen LogP contribution in [0.15, 0.2) is 18.2 Å². The Kier molecular flexibility index (Phi) is 6.67. The Hall–Kier alpha value is -1.26. The molecule has 0 fully saturated rings. The van der Waals surface area contributed by atoms with Crippen molar-refractivity contribution in [3.05, 3.63) is 23.8 Å². The summed E-state index contributed by atoms with van der Waals surface area (Å²) in [6, 6.07) is 6.27. The number of aliphatic hydroxyl groups excluding tert-OH is 1. The van der Waals surface area contributed by atoms with Gasteiger partial charge in [0.1, 0.15) is 0 Å². The summed E-state index contributed by atoms with van der Waals surface area (Å²) in [5, 5.41) is 12.8. The smallest absolute Gasteiger partial charge is 0.161 e. The van der Waals surface area contributed by atoms with Gasteiger partial charge in [-0.15, -0.1) is 0 Å². The molecule has 2 N–H and O–H groups in total. The van der Waals surface area contributed by atoms with Crippen LogP contribution in [0.2, 0.25) is 0 Å². The Morgan fingerprint density at radius 1 is 1.11 bits per heavy atom. The van der Waals surface area contributed by atoms with E-state index in [0.717, 1.165) is 29.9 Å². The van der Waals surface area contributed by atoms with Crippen molar-refractivity contribution in [2.45, 2.75) is 38.8 Å². The fraction of sp³-hybridized carbons (Fsp3) is 0.600. The normalized spacial score (nSPS) is 13.9. The number of hydrogen-bond acceptors (Lipinski definition) is 4. The van der Waals surface area contributed by atoms with Gasteiger partial charge in [-0.25, -0.2) is 0 Å². The highest BCUT2D eigenvalue weighted by atomic mass is 16.5. The Bertz CT molecular complexity index is 378. The molecule has 108 valence electrons. The van der Waals surface area contributed by atoms with Gasteiger partial charge in [-0.1, -0.05) is 19.9 Å². The van der Waals surface area contributed by atoms with Crippen molar-refractivity contribution >= 4 is 0 Å². The lowest BCUT2D eigenvalue weighted by molar-refractivity contribution is 0.226. The van der Waals surface area contributed by atoms with Gasteiger partial charge in [0, 0.05) is 12.1 Å². The molecule has 4 heteroatoms. The molecule has 0 aromatic heterocycles. The van der Waals surface area contributed by atoms with E-state index in [1.165, 1.54) is 0 Å². The molecule has 0 aliphatic rings. The predicted octanol–water partition coefficient (Wildman–Crippen LogP) is 2.52. The lowest BCUT2D eigenvalue weighted by Crippen LogP contribution is -2.34. The molecular formula is C15H25NO3. The summed E-state index contributed by atoms with van der Waals surface area (Å²) in [6.45, 7) is 4.34. The zero-order valence-electron chi connectivity index (χ0n) is 12.3. The molecule has 2 atom stereocenters. The average Bonchev–Trinajstić information content (AvgIpc) is 2.48. The van der Waals surface area contributed by atoms with Gasteiger partial charge in [-0.3, -0.25) is 0 Å². The van der Waals surface area contributed by atoms with Crippen LogP contribution in [-0.4, -0.2) is 32.0 Å². The zero-order chi connectivity index (χ0) is 14.3. The SMILES string of the molecule is CCC(N[C@@H](CC)CO)c1ccc(OC)c(OC)c1. The molecule has 19 heavy (non-hydrogen) atoms. The highest BCUT2D eigenvalue weighted by Crippen LogP contribution is 2.31. The van der Waals surface area contributed by atoms with Crippen LogP contribution < -0.4 is 14.8 Å². The van der Waals surface area contributed by atoms with Crippen LogP contribution in [-0.2, 0) is 0 Å². The molecule has 0 saturated carbocycles. The van der Waals surface area contributed by atoms with Crippen LogP contribution in [0.25, 0.3) is 0 Å². The first-order valence-electron chi connectivity index (χ1n) is 6.78. The van der Waals surface area contributed by atoms with Gasteiger partial charge in [0.25, 0.3) is 0 Å². The van der Waals surface area contributed by atoms with E-state index in [1.807, 2.05) is 18.2 Å². The fourth-order valence-electron chi connectivity index (χ4n) is 2.10. The summed E-state index contributed by atoms with van der Waals surface area (Å²) in [5.74, 6) is 1.47. The quantitative estimate of drug-likeness (QED) is 0.760. The minimum absolute atomic E-state index is 0.123. The molecule has 0 aliphatic carbocycles. The number of nitrogens with one attached hydrogen (secondary N) is 1. The second kappa shape index (κ2) is 8.02. The van der Waals surface area contributed by atoms with E-state index in [4.69, 9.17) is 9.47 Å². The number of hydrogen-bond donors (Lipinski definition) is 2. The lowest BCUT2D eigenvalue weighted by atomic mass is 10.0. The molecule has 1 aromatic carbocycles. The number of ether oxygens (including phenoxy) is 2. The number of aliphatic hydroxyl groups is 1. The van der Waals surface area contributed by atoms with Crippen LogP contribution in [0.4, 0.5) is 0 Å². The van der Waals surface area contributed by atoms with Gasteiger partial charge < -0.3 is 19.9 Å². The van der Waals surface area contributed by atoms with Crippen molar-refractivity contribution in [1.82, 2.24) is 5.32 Å². The molecule has 0 bridgehead atoms. The highest BCUT2D eigenvalue weighted by Gasteiger charge is 2.15. The van der Waals surface area contributed by atoms with Crippen molar-refractivity contribution < 1.29 is 14.6 Å². The molecule has 0 spiro atoms. The van der Waals surface area contributed by atoms with Crippen LogP contribution in [0.5, 0.6) is 11.5 Å². The topological polar surface area (TPSA) is 50.7 Å². The van der Waals surface area contributed by atoms with Gasteiger partial charge in [0.05, 0.1) is 20.8 Å². The first kappa shape index (κ1) is 15.8. The van der Waals surface area contributed by atoms with Gasteiger partial charge in [0.15, 0.2) is 11.5 Å². The third kappa shape index (κ3) is 4.11. The van der Waals surface area contributed by atoms with Crippen LogP contribution >= 0.6 is 0 Å². The molecule has 0 aliphatic heterocycles. The minimum Gasteiger partial charge on any atom is -0.493 e. The second-order valence-electron chi connectivity index (χ2n) is 4.53. The highest BCUT2D eigenvalue weighted by molar-refractivity contribution is 5.43. The maximum absolute atomic E-state index is 9.29. The second-order valence-corrected chi connectivity index (χ2v) is 4.53. The van der Waals surface area contributed by atoms with E-state index in [-0.39, 0.29) is 18.7 Å². The molecule has 0 amide bonds. The zero-order valence-corrected chi connectivity index (χ0v) is 12.3. The Balaban J connectivity index is 2.92. The maximum Gasteiger partial charge on any atom is 0.161 e. The monoisotopic (exact) mass is 267 g/mol. The summed E-state index contributed by atoms with van der Waals surface area (Å²) in [5.41, 5.74) is 1.15. The standard InChI is InChI=1S/C15H25NO3/c1-5-12(10-17)16-13(6-2)11-7-8-14(18-3)15(9-11)19-4/h7-9,12-13,16-17H,5-6,10H2,1-4H3/t12-,13?/m0/s1. The largest absolute Gasteiger partial charge is 0.493 e. The molecule has 0 saturated heterocycles.